The van der Waals surface area contributed by atoms with Gasteiger partial charge in [0.2, 0.25) is 10.8 Å². The van der Waals surface area contributed by atoms with E-state index in [1.165, 1.54) is 11.1 Å². The van der Waals surface area contributed by atoms with Gasteiger partial charge in [0.15, 0.2) is 9.95 Å². The molecule has 0 saturated carbocycles. The van der Waals surface area contributed by atoms with Crippen molar-refractivity contribution in [3.05, 3.63) is 118 Å². The number of hydrogen-bond donors (Lipinski definition) is 0. The zero-order chi connectivity index (χ0) is 33.2. The molecule has 45 heavy (non-hydrogen) atoms. The summed E-state index contributed by atoms with van der Waals surface area (Å²) >= 11 is 0. The third-order valence-corrected chi connectivity index (χ3v) is 6.49. The van der Waals surface area contributed by atoms with Crippen LogP contribution in [-0.2, 0) is 23.5 Å². The summed E-state index contributed by atoms with van der Waals surface area (Å²) in [6, 6.07) is 31.2. The van der Waals surface area contributed by atoms with Gasteiger partial charge in [-0.2, -0.15) is 0 Å². The van der Waals surface area contributed by atoms with Crippen LogP contribution >= 0.6 is 0 Å². The second kappa shape index (κ2) is 18.5. The molecule has 4 aromatic carbocycles. The molecule has 0 aliphatic heterocycles. The molecule has 0 aliphatic carbocycles. The van der Waals surface area contributed by atoms with Crippen molar-refractivity contribution in [3.63, 3.8) is 0 Å². The zero-order valence-electron chi connectivity index (χ0n) is 25.6. The lowest BCUT2D eigenvalue weighted by atomic mass is 10.2. The lowest BCUT2D eigenvalue weighted by Crippen LogP contribution is -2.21. The molecule has 0 aliphatic rings. The maximum atomic E-state index is 8.71. The van der Waals surface area contributed by atoms with Crippen LogP contribution in [0.1, 0.15) is 25.0 Å². The summed E-state index contributed by atoms with van der Waals surface area (Å²) in [6.45, 7) is 7.71. The molecule has 0 unspecified atom stereocenters. The lowest BCUT2D eigenvalue weighted by molar-refractivity contribution is 0.352. The van der Waals surface area contributed by atoms with Crippen molar-refractivity contribution in [1.82, 2.24) is 0 Å². The fourth-order valence-electron chi connectivity index (χ4n) is 4.13. The van der Waals surface area contributed by atoms with Crippen LogP contribution in [0.25, 0.3) is 9.95 Å². The minimum absolute atomic E-state index is 0.564. The van der Waals surface area contributed by atoms with Crippen molar-refractivity contribution >= 4 is 33.1 Å². The van der Waals surface area contributed by atoms with E-state index in [-0.39, 0.29) is 0 Å². The second-order valence-corrected chi connectivity index (χ2v) is 10.2. The molecule has 0 aromatic heterocycles. The van der Waals surface area contributed by atoms with Gasteiger partial charge in [0.1, 0.15) is 11.5 Å². The summed E-state index contributed by atoms with van der Waals surface area (Å²) in [5.41, 5.74) is 5.79. The topological polar surface area (TPSA) is 162 Å². The van der Waals surface area contributed by atoms with E-state index in [1.54, 1.807) is 38.5 Å². The molecule has 13 heteroatoms. The minimum Gasteiger partial charge on any atom is -0.759 e. The zero-order valence-corrected chi connectivity index (χ0v) is 26.4. The van der Waals surface area contributed by atoms with Crippen LogP contribution in [0.5, 0.6) is 11.5 Å². The van der Waals surface area contributed by atoms with Gasteiger partial charge in [0, 0.05) is 72.2 Å². The highest BCUT2D eigenvalue weighted by Gasteiger charge is 2.10. The Morgan fingerprint density at radius 2 is 0.889 bits per heavy atom. The molecule has 0 atom stereocenters. The molecule has 236 valence electrons. The normalized spacial score (nSPS) is 10.0. The Morgan fingerprint density at radius 1 is 0.600 bits per heavy atom. The van der Waals surface area contributed by atoms with Crippen LogP contribution in [-0.4, -0.2) is 44.8 Å². The Morgan fingerprint density at radius 3 is 1.11 bits per heavy atom. The molecule has 0 amide bonds. The van der Waals surface area contributed by atoms with E-state index in [0.29, 0.717) is 11.4 Å². The van der Waals surface area contributed by atoms with E-state index in [9.17, 15) is 0 Å². The van der Waals surface area contributed by atoms with Crippen molar-refractivity contribution in [3.8, 4) is 11.5 Å². The highest BCUT2D eigenvalue weighted by atomic mass is 32.3. The molecular weight excluding hydrogens is 596 g/mol. The first-order chi connectivity index (χ1) is 21.5. The van der Waals surface area contributed by atoms with Gasteiger partial charge in [-0.05, 0) is 73.5 Å². The number of benzene rings is 4. The molecule has 0 heterocycles. The second-order valence-electron chi connectivity index (χ2n) is 9.37. The van der Waals surface area contributed by atoms with E-state index < -0.39 is 10.4 Å². The molecule has 0 bridgehead atoms. The van der Waals surface area contributed by atoms with Crippen molar-refractivity contribution in [2.24, 2.45) is 0 Å². The third kappa shape index (κ3) is 13.3. The van der Waals surface area contributed by atoms with Crippen LogP contribution in [0.4, 0.5) is 22.7 Å². The number of nitrogens with zero attached hydrogens (tertiary/aromatic N) is 6. The average Bonchev–Trinajstić information content (AvgIpc) is 3.06. The number of methoxy groups -OCH3 is 2. The number of anilines is 2. The summed E-state index contributed by atoms with van der Waals surface area (Å²) in [5, 5.41) is 17.4. The fourth-order valence-corrected chi connectivity index (χ4v) is 4.13. The highest BCUT2D eigenvalue weighted by molar-refractivity contribution is 7.79. The quantitative estimate of drug-likeness (QED) is 0.100. The van der Waals surface area contributed by atoms with Gasteiger partial charge in [-0.15, -0.1) is 0 Å². The van der Waals surface area contributed by atoms with Gasteiger partial charge in [0.05, 0.1) is 14.2 Å². The van der Waals surface area contributed by atoms with Crippen LogP contribution in [0.15, 0.2) is 97.1 Å². The first-order valence-electron chi connectivity index (χ1n) is 13.9. The Balaban J connectivity index is 0.000000273. The molecule has 4 aromatic rings. The van der Waals surface area contributed by atoms with Crippen LogP contribution in [0.2, 0.25) is 0 Å². The highest BCUT2D eigenvalue weighted by Crippen LogP contribution is 2.23. The first kappa shape index (κ1) is 36.0. The smallest absolute Gasteiger partial charge is 0.385 e. The summed E-state index contributed by atoms with van der Waals surface area (Å²) in [5.74, 6) is 1.73. The van der Waals surface area contributed by atoms with Gasteiger partial charge in [0.25, 0.3) is 0 Å². The number of diazo groups is 2. The molecule has 0 saturated heterocycles. The predicted molar refractivity (Wildman–Crippen MR) is 172 cm³/mol. The largest absolute Gasteiger partial charge is 0.759 e. The Kier molecular flexibility index (Phi) is 14.8. The van der Waals surface area contributed by atoms with Crippen molar-refractivity contribution in [2.75, 3.05) is 37.1 Å². The SMILES string of the molecule is CCN(Cc1ccc(OC)cc1)c1ccc([N+]#N)cc1.CCN(Cc1ccc(OC)cc1)c1ccc([N+]#N)cc1.O=S(=O)([O-])[O-]. The fraction of sp³-hybridized carbons (Fsp3) is 0.250. The maximum Gasteiger partial charge on any atom is 0.385 e. The number of ether oxygens (including phenoxy) is 2. The van der Waals surface area contributed by atoms with Gasteiger partial charge >= 0.3 is 11.4 Å². The van der Waals surface area contributed by atoms with Crippen LogP contribution in [0, 0.1) is 10.8 Å². The Hall–Kier alpha value is -5.21. The summed E-state index contributed by atoms with van der Waals surface area (Å²) in [6.07, 6.45) is 0. The van der Waals surface area contributed by atoms with E-state index in [1.807, 2.05) is 48.5 Å². The van der Waals surface area contributed by atoms with E-state index in [2.05, 4.69) is 57.9 Å². The van der Waals surface area contributed by atoms with Crippen molar-refractivity contribution in [2.45, 2.75) is 26.9 Å². The molecule has 4 rings (SSSR count). The maximum absolute atomic E-state index is 8.71. The van der Waals surface area contributed by atoms with E-state index >= 15 is 0 Å². The first-order valence-corrected chi connectivity index (χ1v) is 15.2. The predicted octanol–water partition coefficient (Wildman–Crippen LogP) is 7.07. The van der Waals surface area contributed by atoms with Crippen LogP contribution < -0.4 is 19.3 Å². The number of hydrogen-bond acceptors (Lipinski definition) is 10. The number of rotatable bonds is 10. The molecular formula is C32H36N6O6S. The van der Waals surface area contributed by atoms with Crippen LogP contribution in [0.3, 0.4) is 0 Å². The summed E-state index contributed by atoms with van der Waals surface area (Å²) in [4.78, 5) is 10.8. The van der Waals surface area contributed by atoms with E-state index in [0.717, 1.165) is 49.1 Å². The standard InChI is InChI=1S/2C16H18N3O.H2O4S/c2*1-3-19(15-8-6-14(18-17)7-9-15)12-13-4-10-16(20-2)11-5-13;1-5(2,3)4/h2*4-11H,3,12H2,1-2H3;(H2,1,2,3,4)/q2*+1;/p-2. The van der Waals surface area contributed by atoms with Gasteiger partial charge in [-0.3, -0.25) is 8.42 Å². The van der Waals surface area contributed by atoms with Crippen molar-refractivity contribution < 1.29 is 27.0 Å². The molecule has 0 fully saturated rings. The van der Waals surface area contributed by atoms with Gasteiger partial charge in [-0.25, -0.2) is 0 Å². The molecule has 0 spiro atoms. The molecule has 0 radical (unpaired) electrons. The third-order valence-electron chi connectivity index (χ3n) is 6.49. The van der Waals surface area contributed by atoms with E-state index in [4.69, 9.17) is 37.8 Å². The Labute approximate surface area is 264 Å². The van der Waals surface area contributed by atoms with Gasteiger partial charge in [-0.1, -0.05) is 24.3 Å². The average molecular weight is 633 g/mol. The molecule has 12 nitrogen and oxygen atoms in total. The summed E-state index contributed by atoms with van der Waals surface area (Å²) in [7, 11) is -1.83. The lowest BCUT2D eigenvalue weighted by Gasteiger charge is -2.23. The molecule has 0 N–H and O–H groups in total. The monoisotopic (exact) mass is 632 g/mol. The summed E-state index contributed by atoms with van der Waals surface area (Å²) < 4.78 is 44.4. The minimum atomic E-state index is -5.17. The van der Waals surface area contributed by atoms with Gasteiger partial charge < -0.3 is 28.4 Å². The Bertz CT molecular complexity index is 1520. The van der Waals surface area contributed by atoms with Crippen molar-refractivity contribution in [1.29, 1.82) is 10.8 Å².